The van der Waals surface area contributed by atoms with Crippen molar-refractivity contribution >= 4 is 17.5 Å². The van der Waals surface area contributed by atoms with E-state index in [4.69, 9.17) is 17.3 Å². The molecule has 20 heavy (non-hydrogen) atoms. The molecule has 0 bridgehead atoms. The number of likely N-dealkylation sites (tertiary alicyclic amines) is 1. The van der Waals surface area contributed by atoms with E-state index in [1.165, 1.54) is 0 Å². The predicted octanol–water partition coefficient (Wildman–Crippen LogP) is 3.38. The number of benzene rings is 1. The molecule has 1 heterocycles. The zero-order chi connectivity index (χ0) is 14.9. The normalized spacial score (nSPS) is 21.1. The Kier molecular flexibility index (Phi) is 4.40. The number of nitrogens with two attached hydrogens (primary N) is 1. The van der Waals surface area contributed by atoms with E-state index in [1.54, 1.807) is 0 Å². The molecule has 2 atom stereocenters. The lowest BCUT2D eigenvalue weighted by Crippen LogP contribution is -2.50. The van der Waals surface area contributed by atoms with Crippen molar-refractivity contribution < 1.29 is 4.79 Å². The predicted molar refractivity (Wildman–Crippen MR) is 82.6 cm³/mol. The number of carbonyl (C=O) groups is 1. The van der Waals surface area contributed by atoms with Gasteiger partial charge in [-0.15, -0.1) is 0 Å². The third-order valence-electron chi connectivity index (χ3n) is 3.97. The Morgan fingerprint density at radius 1 is 1.45 bits per heavy atom. The van der Waals surface area contributed by atoms with Gasteiger partial charge in [-0.3, -0.25) is 4.79 Å². The van der Waals surface area contributed by atoms with Crippen LogP contribution < -0.4 is 5.73 Å². The minimum Gasteiger partial charge on any atom is -0.334 e. The Morgan fingerprint density at radius 2 is 2.15 bits per heavy atom. The van der Waals surface area contributed by atoms with E-state index < -0.39 is 6.04 Å². The van der Waals surface area contributed by atoms with Crippen LogP contribution in [0.15, 0.2) is 24.3 Å². The highest BCUT2D eigenvalue weighted by Gasteiger charge is 2.36. The minimum atomic E-state index is -0.470. The molecule has 2 N–H and O–H groups in total. The van der Waals surface area contributed by atoms with Crippen molar-refractivity contribution in [3.8, 4) is 0 Å². The topological polar surface area (TPSA) is 46.3 Å². The highest BCUT2D eigenvalue weighted by Crippen LogP contribution is 2.34. The average Bonchev–Trinajstić information content (AvgIpc) is 2.85. The quantitative estimate of drug-likeness (QED) is 0.909. The molecule has 1 saturated heterocycles. The molecule has 3 nitrogen and oxygen atoms in total. The first-order valence-corrected chi connectivity index (χ1v) is 7.50. The van der Waals surface area contributed by atoms with Gasteiger partial charge in [0, 0.05) is 11.6 Å². The van der Waals surface area contributed by atoms with Crippen molar-refractivity contribution in [1.29, 1.82) is 0 Å². The van der Waals surface area contributed by atoms with Crippen molar-refractivity contribution in [2.75, 3.05) is 6.54 Å². The van der Waals surface area contributed by atoms with E-state index in [-0.39, 0.29) is 17.4 Å². The second-order valence-electron chi connectivity index (χ2n) is 6.59. The Labute approximate surface area is 126 Å². The number of halogens is 1. The summed E-state index contributed by atoms with van der Waals surface area (Å²) in [7, 11) is 0. The van der Waals surface area contributed by atoms with Crippen LogP contribution in [0.2, 0.25) is 5.02 Å². The highest BCUT2D eigenvalue weighted by molar-refractivity contribution is 6.30. The lowest BCUT2D eigenvalue weighted by atomic mass is 9.86. The third-order valence-corrected chi connectivity index (χ3v) is 4.20. The molecule has 1 aromatic carbocycles. The molecule has 1 amide bonds. The lowest BCUT2D eigenvalue weighted by molar-refractivity contribution is -0.135. The van der Waals surface area contributed by atoms with Crippen LogP contribution in [-0.4, -0.2) is 23.4 Å². The standard InChI is InChI=1S/C16H23ClN2O/c1-16(2,3)14(18)15(20)19-9-5-8-13(19)11-6-4-7-12(17)10-11/h4,6-7,10,13-14H,5,8-9,18H2,1-3H3. The fourth-order valence-corrected chi connectivity index (χ4v) is 2.84. The SMILES string of the molecule is CC(C)(C)C(N)C(=O)N1CCCC1c1cccc(Cl)c1. The van der Waals surface area contributed by atoms with Gasteiger partial charge in [-0.2, -0.15) is 0 Å². The number of hydrogen-bond donors (Lipinski definition) is 1. The summed E-state index contributed by atoms with van der Waals surface area (Å²) in [5.41, 5.74) is 7.00. The number of rotatable bonds is 2. The molecule has 0 aliphatic carbocycles. The van der Waals surface area contributed by atoms with Crippen LogP contribution in [0.25, 0.3) is 0 Å². The Bertz CT molecular complexity index is 495. The Balaban J connectivity index is 2.21. The molecular weight excluding hydrogens is 272 g/mol. The van der Waals surface area contributed by atoms with Gasteiger partial charge in [0.15, 0.2) is 0 Å². The molecule has 0 saturated carbocycles. The van der Waals surface area contributed by atoms with Crippen molar-refractivity contribution in [2.24, 2.45) is 11.1 Å². The van der Waals surface area contributed by atoms with Gasteiger partial charge in [-0.1, -0.05) is 44.5 Å². The van der Waals surface area contributed by atoms with Crippen LogP contribution in [0.4, 0.5) is 0 Å². The van der Waals surface area contributed by atoms with Crippen molar-refractivity contribution in [3.63, 3.8) is 0 Å². The van der Waals surface area contributed by atoms with E-state index in [9.17, 15) is 4.79 Å². The fourth-order valence-electron chi connectivity index (χ4n) is 2.64. The summed E-state index contributed by atoms with van der Waals surface area (Å²) in [6.45, 7) is 6.78. The molecule has 2 rings (SSSR count). The second kappa shape index (κ2) is 5.74. The molecule has 2 unspecified atom stereocenters. The van der Waals surface area contributed by atoms with E-state index in [0.717, 1.165) is 24.9 Å². The molecule has 4 heteroatoms. The maximum atomic E-state index is 12.6. The Morgan fingerprint density at radius 3 is 2.75 bits per heavy atom. The van der Waals surface area contributed by atoms with Gasteiger partial charge in [0.2, 0.25) is 5.91 Å². The monoisotopic (exact) mass is 294 g/mol. The zero-order valence-electron chi connectivity index (χ0n) is 12.4. The van der Waals surface area contributed by atoms with Gasteiger partial charge < -0.3 is 10.6 Å². The highest BCUT2D eigenvalue weighted by atomic mass is 35.5. The fraction of sp³-hybridized carbons (Fsp3) is 0.562. The van der Waals surface area contributed by atoms with Gasteiger partial charge in [0.1, 0.15) is 0 Å². The zero-order valence-corrected chi connectivity index (χ0v) is 13.2. The smallest absolute Gasteiger partial charge is 0.240 e. The van der Waals surface area contributed by atoms with Crippen molar-refractivity contribution in [2.45, 2.75) is 45.7 Å². The van der Waals surface area contributed by atoms with Gasteiger partial charge in [0.25, 0.3) is 0 Å². The number of amides is 1. The minimum absolute atomic E-state index is 0.0416. The summed E-state index contributed by atoms with van der Waals surface area (Å²) in [5, 5.41) is 0.710. The molecule has 0 aromatic heterocycles. The maximum absolute atomic E-state index is 12.6. The largest absolute Gasteiger partial charge is 0.334 e. The maximum Gasteiger partial charge on any atom is 0.240 e. The number of hydrogen-bond acceptors (Lipinski definition) is 2. The molecule has 1 aliphatic rings. The summed E-state index contributed by atoms with van der Waals surface area (Å²) in [6, 6.07) is 7.40. The average molecular weight is 295 g/mol. The molecule has 1 aromatic rings. The van der Waals surface area contributed by atoms with Crippen LogP contribution >= 0.6 is 11.6 Å². The van der Waals surface area contributed by atoms with E-state index in [0.29, 0.717) is 5.02 Å². The number of nitrogens with zero attached hydrogens (tertiary/aromatic N) is 1. The summed E-state index contributed by atoms with van der Waals surface area (Å²) >= 11 is 6.06. The first-order valence-electron chi connectivity index (χ1n) is 7.12. The van der Waals surface area contributed by atoms with Crippen molar-refractivity contribution in [1.82, 2.24) is 4.90 Å². The van der Waals surface area contributed by atoms with Crippen molar-refractivity contribution in [3.05, 3.63) is 34.9 Å². The summed E-state index contributed by atoms with van der Waals surface area (Å²) in [5.74, 6) is 0.0416. The molecule has 0 spiro atoms. The number of carbonyl (C=O) groups excluding carboxylic acids is 1. The first kappa shape index (κ1) is 15.3. The van der Waals surface area contributed by atoms with E-state index >= 15 is 0 Å². The Hall–Kier alpha value is -1.06. The summed E-state index contributed by atoms with van der Waals surface area (Å²) < 4.78 is 0. The van der Waals surface area contributed by atoms with Crippen LogP contribution in [0.3, 0.4) is 0 Å². The third kappa shape index (κ3) is 3.15. The summed E-state index contributed by atoms with van der Waals surface area (Å²) in [4.78, 5) is 14.5. The van der Waals surface area contributed by atoms with Gasteiger partial charge in [-0.05, 0) is 36.0 Å². The first-order chi connectivity index (χ1) is 9.30. The molecular formula is C16H23ClN2O. The molecule has 0 radical (unpaired) electrons. The van der Waals surface area contributed by atoms with Crippen LogP contribution in [0.5, 0.6) is 0 Å². The molecule has 110 valence electrons. The van der Waals surface area contributed by atoms with Gasteiger partial charge >= 0.3 is 0 Å². The van der Waals surface area contributed by atoms with Crippen LogP contribution in [-0.2, 0) is 4.79 Å². The molecule has 1 fully saturated rings. The van der Waals surface area contributed by atoms with Crippen LogP contribution in [0, 0.1) is 5.41 Å². The second-order valence-corrected chi connectivity index (χ2v) is 7.02. The van der Waals surface area contributed by atoms with Gasteiger partial charge in [-0.25, -0.2) is 0 Å². The molecule has 1 aliphatic heterocycles. The van der Waals surface area contributed by atoms with E-state index in [1.807, 2.05) is 49.9 Å². The van der Waals surface area contributed by atoms with Crippen LogP contribution in [0.1, 0.15) is 45.2 Å². The lowest BCUT2D eigenvalue weighted by Gasteiger charge is -2.33. The van der Waals surface area contributed by atoms with Gasteiger partial charge in [0.05, 0.1) is 12.1 Å². The van der Waals surface area contributed by atoms with E-state index in [2.05, 4.69) is 0 Å². The summed E-state index contributed by atoms with van der Waals surface area (Å²) in [6.07, 6.45) is 1.99.